The van der Waals surface area contributed by atoms with Gasteiger partial charge in [-0.15, -0.1) is 0 Å². The zero-order valence-corrected chi connectivity index (χ0v) is 29.9. The normalized spacial score (nSPS) is 14.3. The van der Waals surface area contributed by atoms with Crippen LogP contribution >= 0.6 is 14.3 Å². The molecule has 0 saturated heterocycles. The predicted molar refractivity (Wildman–Crippen MR) is 210 cm³/mol. The van der Waals surface area contributed by atoms with Crippen LogP contribution < -0.4 is 26.5 Å². The fraction of sp³-hybridized carbons (Fsp3) is 0.136. The summed E-state index contributed by atoms with van der Waals surface area (Å²) in [4.78, 5) is 0. The van der Waals surface area contributed by atoms with Crippen molar-refractivity contribution in [1.82, 2.24) is 0 Å². The van der Waals surface area contributed by atoms with E-state index in [1.165, 1.54) is 5.56 Å². The van der Waals surface area contributed by atoms with Gasteiger partial charge in [0.2, 0.25) is 0 Å². The minimum Gasteiger partial charge on any atom is -0.309 e. The molecule has 0 bridgehead atoms. The van der Waals surface area contributed by atoms with Crippen molar-refractivity contribution in [3.63, 3.8) is 0 Å². The number of benzene rings is 7. The highest BCUT2D eigenvalue weighted by Gasteiger charge is 2.37. The number of hydrogen-bond donors (Lipinski definition) is 0. The van der Waals surface area contributed by atoms with Crippen LogP contribution in [0, 0.1) is 0 Å². The number of rotatable bonds is 7. The molecule has 0 aliphatic heterocycles. The van der Waals surface area contributed by atoms with Gasteiger partial charge in [0.05, 0.1) is 0 Å². The van der Waals surface area contributed by atoms with Crippen LogP contribution in [0.4, 0.5) is 0 Å². The monoisotopic (exact) mass is 662 g/mol. The highest BCUT2D eigenvalue weighted by molar-refractivity contribution is 7.86. The van der Waals surface area contributed by atoms with Crippen LogP contribution in [0.25, 0.3) is 32.3 Å². The molecule has 0 fully saturated rings. The SMILES string of the molecule is CC=CC=C(C)P(=O)(c1ccccc1)c1cc(P(=O)(c2ccccc2)c2ccccc2)c2ccc3cc(C(C)(C)C)cc4ccc1c2c43. The van der Waals surface area contributed by atoms with Crippen LogP contribution in [0.1, 0.15) is 40.2 Å². The summed E-state index contributed by atoms with van der Waals surface area (Å²) >= 11 is 0. The highest BCUT2D eigenvalue weighted by Crippen LogP contribution is 2.55. The van der Waals surface area contributed by atoms with Gasteiger partial charge in [-0.25, -0.2) is 0 Å². The second kappa shape index (κ2) is 12.2. The minimum atomic E-state index is -3.47. The summed E-state index contributed by atoms with van der Waals surface area (Å²) in [5, 5.41) is 10.7. The molecule has 7 rings (SSSR count). The van der Waals surface area contributed by atoms with E-state index >= 15 is 9.13 Å². The van der Waals surface area contributed by atoms with E-state index in [9.17, 15) is 0 Å². The third kappa shape index (κ3) is 5.11. The lowest BCUT2D eigenvalue weighted by molar-refractivity contribution is 0.590. The van der Waals surface area contributed by atoms with E-state index in [0.717, 1.165) is 58.8 Å². The van der Waals surface area contributed by atoms with Gasteiger partial charge in [-0.2, -0.15) is 0 Å². The molecular weight excluding hydrogens is 622 g/mol. The van der Waals surface area contributed by atoms with Gasteiger partial charge < -0.3 is 9.13 Å². The summed E-state index contributed by atoms with van der Waals surface area (Å²) in [5.74, 6) is 0. The lowest BCUT2D eigenvalue weighted by Crippen LogP contribution is -2.29. The van der Waals surface area contributed by atoms with E-state index in [-0.39, 0.29) is 5.41 Å². The minimum absolute atomic E-state index is 0.0329. The highest BCUT2D eigenvalue weighted by atomic mass is 31.2. The Morgan fingerprint density at radius 2 is 1.06 bits per heavy atom. The maximum Gasteiger partial charge on any atom is 0.171 e. The number of allylic oxidation sites excluding steroid dienone is 4. The van der Waals surface area contributed by atoms with E-state index in [2.05, 4.69) is 57.2 Å². The van der Waals surface area contributed by atoms with Crippen LogP contribution in [-0.2, 0) is 14.5 Å². The Kier molecular flexibility index (Phi) is 8.15. The fourth-order valence-corrected chi connectivity index (χ4v) is 12.8. The van der Waals surface area contributed by atoms with Crippen molar-refractivity contribution in [2.24, 2.45) is 0 Å². The van der Waals surface area contributed by atoms with Gasteiger partial charge >= 0.3 is 0 Å². The van der Waals surface area contributed by atoms with Gasteiger partial charge in [-0.3, -0.25) is 0 Å². The third-order valence-corrected chi connectivity index (χ3v) is 15.9. The Bertz CT molecular complexity index is 2370. The molecule has 7 aromatic rings. The maximum atomic E-state index is 16.2. The van der Waals surface area contributed by atoms with Gasteiger partial charge in [0.1, 0.15) is 0 Å². The van der Waals surface area contributed by atoms with Gasteiger partial charge in [-0.1, -0.05) is 166 Å². The van der Waals surface area contributed by atoms with Crippen LogP contribution in [0.5, 0.6) is 0 Å². The standard InChI is InChI=1S/C44H40O2P2/c1-6-7-17-31(2)47(45,35-18-11-8-12-19-35)40-30-41(48(46,36-20-13-9-14-21-36)37-22-15-10-16-23-37)39-27-25-33-29-34(44(3,4)5)28-32-24-26-38(40)43(39)42(32)33/h6-30H,1-5H3. The first-order valence-electron chi connectivity index (χ1n) is 16.5. The molecule has 4 heteroatoms. The van der Waals surface area contributed by atoms with Crippen molar-refractivity contribution < 1.29 is 9.13 Å². The van der Waals surface area contributed by atoms with Crippen molar-refractivity contribution in [2.45, 2.75) is 40.0 Å². The Labute approximate surface area is 283 Å². The third-order valence-electron chi connectivity index (χ3n) is 9.60. The second-order valence-corrected chi connectivity index (χ2v) is 19.3. The lowest BCUT2D eigenvalue weighted by atomic mass is 9.83. The molecule has 1 unspecified atom stereocenters. The van der Waals surface area contributed by atoms with Crippen LogP contribution in [0.2, 0.25) is 0 Å². The van der Waals surface area contributed by atoms with E-state index < -0.39 is 14.3 Å². The first kappa shape index (κ1) is 32.1. The molecule has 0 saturated carbocycles. The topological polar surface area (TPSA) is 34.1 Å². The van der Waals surface area contributed by atoms with Crippen molar-refractivity contribution in [2.75, 3.05) is 0 Å². The summed E-state index contributed by atoms with van der Waals surface area (Å²) in [5.41, 5.74) is 1.22. The Balaban J connectivity index is 1.72. The molecule has 238 valence electrons. The molecule has 0 amide bonds. The number of hydrogen-bond acceptors (Lipinski definition) is 2. The van der Waals surface area contributed by atoms with E-state index in [4.69, 9.17) is 0 Å². The fourth-order valence-electron chi connectivity index (χ4n) is 7.05. The molecule has 0 heterocycles. The summed E-state index contributed by atoms with van der Waals surface area (Å²) < 4.78 is 32.3. The quantitative estimate of drug-likeness (QED) is 0.0967. The van der Waals surface area contributed by atoms with Crippen LogP contribution in [0.15, 0.2) is 157 Å². The first-order valence-corrected chi connectivity index (χ1v) is 19.9. The molecule has 7 aromatic carbocycles. The average molecular weight is 663 g/mol. The maximum absolute atomic E-state index is 16.2. The molecular formula is C44H40O2P2. The average Bonchev–Trinajstić information content (AvgIpc) is 3.12. The van der Waals surface area contributed by atoms with Crippen molar-refractivity contribution in [3.8, 4) is 0 Å². The first-order chi connectivity index (χ1) is 23.1. The molecule has 0 aromatic heterocycles. The van der Waals surface area contributed by atoms with Gasteiger partial charge in [-0.05, 0) is 68.5 Å². The Morgan fingerprint density at radius 1 is 0.583 bits per heavy atom. The van der Waals surface area contributed by atoms with Gasteiger partial charge in [0, 0.05) is 26.5 Å². The Hall–Kier alpha value is -4.48. The van der Waals surface area contributed by atoms with Crippen molar-refractivity contribution in [1.29, 1.82) is 0 Å². The molecule has 0 radical (unpaired) electrons. The zero-order chi connectivity index (χ0) is 33.7. The van der Waals surface area contributed by atoms with Crippen LogP contribution in [0.3, 0.4) is 0 Å². The summed E-state index contributed by atoms with van der Waals surface area (Å²) in [6, 6.07) is 44.6. The van der Waals surface area contributed by atoms with Gasteiger partial charge in [0.25, 0.3) is 0 Å². The molecule has 1 atom stereocenters. The van der Waals surface area contributed by atoms with Crippen molar-refractivity contribution >= 4 is 73.1 Å². The largest absolute Gasteiger partial charge is 0.309 e. The molecule has 0 N–H and O–H groups in total. The summed E-state index contributed by atoms with van der Waals surface area (Å²) in [6.45, 7) is 10.6. The van der Waals surface area contributed by atoms with E-state index in [0.29, 0.717) is 5.30 Å². The Morgan fingerprint density at radius 3 is 1.54 bits per heavy atom. The smallest absolute Gasteiger partial charge is 0.171 e. The zero-order valence-electron chi connectivity index (χ0n) is 28.1. The molecule has 0 aliphatic rings. The molecule has 0 spiro atoms. The van der Waals surface area contributed by atoms with E-state index in [1.807, 2.05) is 129 Å². The second-order valence-electron chi connectivity index (χ2n) is 13.6. The summed E-state index contributed by atoms with van der Waals surface area (Å²) in [6.07, 6.45) is 5.88. The summed E-state index contributed by atoms with van der Waals surface area (Å²) in [7, 11) is -6.90. The molecule has 48 heavy (non-hydrogen) atoms. The lowest BCUT2D eigenvalue weighted by Gasteiger charge is -2.28. The molecule has 2 nitrogen and oxygen atoms in total. The van der Waals surface area contributed by atoms with E-state index in [1.54, 1.807) is 0 Å². The predicted octanol–water partition coefficient (Wildman–Crippen LogP) is 10.3. The molecule has 0 aliphatic carbocycles. The van der Waals surface area contributed by atoms with Crippen molar-refractivity contribution in [3.05, 3.63) is 163 Å². The van der Waals surface area contributed by atoms with Crippen LogP contribution in [-0.4, -0.2) is 0 Å². The van der Waals surface area contributed by atoms with Gasteiger partial charge in [0.15, 0.2) is 14.3 Å².